The van der Waals surface area contributed by atoms with E-state index in [0.717, 1.165) is 55.7 Å². The van der Waals surface area contributed by atoms with Crippen LogP contribution >= 0.6 is 0 Å². The molecule has 0 saturated heterocycles. The second-order valence-electron chi connectivity index (χ2n) is 12.2. The Balaban J connectivity index is 1.20. The smallest absolute Gasteiger partial charge is 0.164 e. The molecule has 1 aliphatic carbocycles. The summed E-state index contributed by atoms with van der Waals surface area (Å²) in [7, 11) is 0. The molecule has 0 N–H and O–H groups in total. The highest BCUT2D eigenvalue weighted by molar-refractivity contribution is 6.08. The van der Waals surface area contributed by atoms with Gasteiger partial charge in [0.25, 0.3) is 0 Å². The summed E-state index contributed by atoms with van der Waals surface area (Å²) >= 11 is 0. The Morgan fingerprint density at radius 1 is 0.500 bits per heavy atom. The highest BCUT2D eigenvalue weighted by Crippen LogP contribution is 2.48. The summed E-state index contributed by atoms with van der Waals surface area (Å²) in [5.74, 6) is 1.93. The molecule has 9 rings (SSSR count). The average Bonchev–Trinajstić information content (AvgIpc) is 3.56. The van der Waals surface area contributed by atoms with Crippen LogP contribution in [0, 0.1) is 0 Å². The molecule has 6 heteroatoms. The monoisotopic (exact) mass is 592 g/mol. The fourth-order valence-corrected chi connectivity index (χ4v) is 6.75. The molecule has 46 heavy (non-hydrogen) atoms. The molecule has 0 fully saturated rings. The molecular formula is C40H28N6. The van der Waals surface area contributed by atoms with Crippen LogP contribution < -0.4 is 0 Å². The average molecular weight is 593 g/mol. The lowest BCUT2D eigenvalue weighted by molar-refractivity contribution is 0.658. The van der Waals surface area contributed by atoms with Crippen molar-refractivity contribution in [1.29, 1.82) is 0 Å². The molecule has 1 aliphatic rings. The van der Waals surface area contributed by atoms with Crippen molar-refractivity contribution in [1.82, 2.24) is 29.5 Å². The summed E-state index contributed by atoms with van der Waals surface area (Å²) < 4.78 is 2.31. The number of nitrogens with zero attached hydrogens (tertiary/aromatic N) is 6. The topological polar surface area (TPSA) is 69.4 Å². The molecule has 218 valence electrons. The van der Waals surface area contributed by atoms with E-state index in [0.29, 0.717) is 17.5 Å². The highest BCUT2D eigenvalue weighted by Gasteiger charge is 2.38. The first-order valence-electron chi connectivity index (χ1n) is 15.4. The largest absolute Gasteiger partial charge is 0.308 e. The van der Waals surface area contributed by atoms with E-state index in [1.165, 1.54) is 11.1 Å². The van der Waals surface area contributed by atoms with Gasteiger partial charge in [-0.1, -0.05) is 98.8 Å². The molecule has 0 radical (unpaired) electrons. The van der Waals surface area contributed by atoms with Crippen molar-refractivity contribution in [2.75, 3.05) is 0 Å². The van der Waals surface area contributed by atoms with E-state index >= 15 is 0 Å². The molecule has 0 amide bonds. The maximum atomic E-state index is 5.30. The maximum Gasteiger partial charge on any atom is 0.164 e. The third-order valence-electron chi connectivity index (χ3n) is 9.11. The lowest BCUT2D eigenvalue weighted by Crippen LogP contribution is -2.15. The van der Waals surface area contributed by atoms with Gasteiger partial charge in [0.1, 0.15) is 0 Å². The Bertz CT molecular complexity index is 2370. The van der Waals surface area contributed by atoms with E-state index < -0.39 is 0 Å². The normalized spacial score (nSPS) is 13.2. The summed E-state index contributed by atoms with van der Waals surface area (Å²) in [6, 6.07) is 43.6. The Labute approximate surface area is 266 Å². The van der Waals surface area contributed by atoms with Gasteiger partial charge >= 0.3 is 0 Å². The first-order valence-corrected chi connectivity index (χ1v) is 15.4. The Morgan fingerprint density at radius 3 is 1.74 bits per heavy atom. The zero-order chi connectivity index (χ0) is 30.8. The van der Waals surface area contributed by atoms with Gasteiger partial charge < -0.3 is 4.57 Å². The molecular weight excluding hydrogens is 564 g/mol. The minimum Gasteiger partial charge on any atom is -0.308 e. The predicted octanol–water partition coefficient (Wildman–Crippen LogP) is 9.07. The van der Waals surface area contributed by atoms with E-state index in [4.69, 9.17) is 24.9 Å². The van der Waals surface area contributed by atoms with E-state index in [2.05, 4.69) is 79.1 Å². The number of hydrogen-bond acceptors (Lipinski definition) is 5. The SMILES string of the molecule is CC1(C)c2cccnc2-c2nc3c4ccccc4n(-c4ccc(-c5nc(-c6ccccc6)nc(-c6ccccc6)n5)cc4)c3cc21. The second-order valence-corrected chi connectivity index (χ2v) is 12.2. The van der Waals surface area contributed by atoms with Gasteiger partial charge in [0, 0.05) is 39.4 Å². The van der Waals surface area contributed by atoms with Crippen LogP contribution in [0.15, 0.2) is 134 Å². The van der Waals surface area contributed by atoms with Crippen LogP contribution in [0.5, 0.6) is 0 Å². The number of hydrogen-bond donors (Lipinski definition) is 0. The summed E-state index contributed by atoms with van der Waals surface area (Å²) in [4.78, 5) is 24.7. The van der Waals surface area contributed by atoms with Crippen LogP contribution in [0.2, 0.25) is 0 Å². The van der Waals surface area contributed by atoms with Gasteiger partial charge in [-0.05, 0) is 53.6 Å². The van der Waals surface area contributed by atoms with Gasteiger partial charge in [0.2, 0.25) is 0 Å². The van der Waals surface area contributed by atoms with Gasteiger partial charge in [-0.3, -0.25) is 4.98 Å². The maximum absolute atomic E-state index is 5.30. The van der Waals surface area contributed by atoms with Crippen molar-refractivity contribution in [2.24, 2.45) is 0 Å². The number of benzene rings is 4. The number of fused-ring (bicyclic) bond motifs is 6. The van der Waals surface area contributed by atoms with Crippen molar-refractivity contribution >= 4 is 21.9 Å². The first-order chi connectivity index (χ1) is 22.6. The summed E-state index contributed by atoms with van der Waals surface area (Å²) in [6.45, 7) is 4.52. The molecule has 0 saturated carbocycles. The number of rotatable bonds is 4. The minimum atomic E-state index is -0.198. The molecule has 4 heterocycles. The minimum absolute atomic E-state index is 0.198. The van der Waals surface area contributed by atoms with E-state index in [9.17, 15) is 0 Å². The van der Waals surface area contributed by atoms with Crippen molar-refractivity contribution in [3.63, 3.8) is 0 Å². The molecule has 0 spiro atoms. The third kappa shape index (κ3) is 4.00. The standard InChI is InChI=1S/C40H28N6/c1-40(2)30-17-11-23-41-35(30)36-31(40)24-33-34(42-36)29-16-9-10-18-32(29)46(33)28-21-19-27(20-22-28)39-44-37(25-12-5-3-6-13-25)43-38(45-39)26-14-7-4-8-15-26/h3-24H,1-2H3. The molecule has 0 bridgehead atoms. The van der Waals surface area contributed by atoms with Gasteiger partial charge in [0.15, 0.2) is 17.5 Å². The van der Waals surface area contributed by atoms with Crippen LogP contribution in [-0.2, 0) is 5.41 Å². The van der Waals surface area contributed by atoms with E-state index in [-0.39, 0.29) is 5.41 Å². The molecule has 4 aromatic heterocycles. The highest BCUT2D eigenvalue weighted by atomic mass is 15.0. The van der Waals surface area contributed by atoms with Crippen molar-refractivity contribution < 1.29 is 0 Å². The first kappa shape index (κ1) is 26.4. The van der Waals surface area contributed by atoms with Crippen molar-refractivity contribution in [3.05, 3.63) is 145 Å². The van der Waals surface area contributed by atoms with Gasteiger partial charge in [-0.2, -0.15) is 0 Å². The van der Waals surface area contributed by atoms with Crippen molar-refractivity contribution in [2.45, 2.75) is 19.3 Å². The molecule has 0 atom stereocenters. The predicted molar refractivity (Wildman–Crippen MR) is 184 cm³/mol. The third-order valence-corrected chi connectivity index (χ3v) is 9.11. The van der Waals surface area contributed by atoms with Gasteiger partial charge in [-0.25, -0.2) is 19.9 Å². The summed E-state index contributed by atoms with van der Waals surface area (Å²) in [6.07, 6.45) is 1.86. The van der Waals surface area contributed by atoms with Gasteiger partial charge in [0.05, 0.1) is 27.9 Å². The lowest BCUT2D eigenvalue weighted by atomic mass is 9.83. The summed E-state index contributed by atoms with van der Waals surface area (Å²) in [5.41, 5.74) is 11.2. The number of aromatic nitrogens is 6. The number of para-hydroxylation sites is 1. The van der Waals surface area contributed by atoms with Crippen LogP contribution in [0.25, 0.3) is 73.2 Å². The molecule has 0 unspecified atom stereocenters. The van der Waals surface area contributed by atoms with Crippen molar-refractivity contribution in [3.8, 4) is 51.2 Å². The Kier molecular flexibility index (Phi) is 5.74. The molecule has 0 aliphatic heterocycles. The molecule has 6 nitrogen and oxygen atoms in total. The summed E-state index contributed by atoms with van der Waals surface area (Å²) in [5, 5.41) is 1.11. The fraction of sp³-hybridized carbons (Fsp3) is 0.0750. The lowest BCUT2D eigenvalue weighted by Gasteiger charge is -2.20. The van der Waals surface area contributed by atoms with Crippen LogP contribution in [0.3, 0.4) is 0 Å². The molecule has 4 aromatic carbocycles. The Hall–Kier alpha value is -6.01. The fourth-order valence-electron chi connectivity index (χ4n) is 6.75. The zero-order valence-electron chi connectivity index (χ0n) is 25.4. The van der Waals surface area contributed by atoms with Crippen LogP contribution in [-0.4, -0.2) is 29.5 Å². The van der Waals surface area contributed by atoms with Gasteiger partial charge in [-0.15, -0.1) is 0 Å². The second kappa shape index (κ2) is 10.0. The van der Waals surface area contributed by atoms with E-state index in [1.54, 1.807) is 0 Å². The quantitative estimate of drug-likeness (QED) is 0.204. The Morgan fingerprint density at radius 2 is 1.09 bits per heavy atom. The van der Waals surface area contributed by atoms with Crippen LogP contribution in [0.4, 0.5) is 0 Å². The van der Waals surface area contributed by atoms with E-state index in [1.807, 2.05) is 72.9 Å². The number of pyridine rings is 2. The van der Waals surface area contributed by atoms with Crippen LogP contribution in [0.1, 0.15) is 25.0 Å². The molecule has 8 aromatic rings. The zero-order valence-corrected chi connectivity index (χ0v) is 25.4.